The Bertz CT molecular complexity index is 2530. The maximum absolute atomic E-state index is 13.7. The van der Waals surface area contributed by atoms with Crippen molar-refractivity contribution < 1.29 is 33.6 Å². The van der Waals surface area contributed by atoms with Crippen molar-refractivity contribution in [2.75, 3.05) is 20.8 Å². The van der Waals surface area contributed by atoms with Crippen molar-refractivity contribution in [1.29, 1.82) is 0 Å². The summed E-state index contributed by atoms with van der Waals surface area (Å²) in [5.74, 6) is 1.98. The molecule has 0 bridgehead atoms. The number of aromatic nitrogens is 4. The highest BCUT2D eigenvalue weighted by atomic mass is 35.5. The van der Waals surface area contributed by atoms with Crippen LogP contribution in [0.4, 0.5) is 0 Å². The number of aromatic hydroxyl groups is 1. The van der Waals surface area contributed by atoms with Gasteiger partial charge in [0.05, 0.1) is 52.9 Å². The fraction of sp³-hybridized carbons (Fsp3) is 0.186. The van der Waals surface area contributed by atoms with Gasteiger partial charge in [-0.15, -0.1) is 0 Å². The normalized spacial score (nSPS) is 11.6. The van der Waals surface area contributed by atoms with Crippen LogP contribution in [0.2, 0.25) is 5.02 Å². The van der Waals surface area contributed by atoms with E-state index in [9.17, 15) is 9.90 Å². The third-order valence-corrected chi connectivity index (χ3v) is 10.3. The van der Waals surface area contributed by atoms with Gasteiger partial charge in [-0.05, 0) is 84.5 Å². The summed E-state index contributed by atoms with van der Waals surface area (Å²) in [7, 11) is 3.21. The van der Waals surface area contributed by atoms with E-state index in [4.69, 9.17) is 49.6 Å². The molecule has 0 radical (unpaired) electrons. The number of benzene rings is 4. The molecule has 4 aromatic carbocycles. The Morgan fingerprint density at radius 1 is 0.911 bits per heavy atom. The van der Waals surface area contributed by atoms with Crippen molar-refractivity contribution in [3.05, 3.63) is 125 Å². The van der Waals surface area contributed by atoms with Gasteiger partial charge in [0.15, 0.2) is 5.82 Å². The molecule has 7 rings (SSSR count). The third-order valence-electron chi connectivity index (χ3n) is 9.08. The Kier molecular flexibility index (Phi) is 11.6. The summed E-state index contributed by atoms with van der Waals surface area (Å²) < 4.78 is 34.9. The molecule has 0 aliphatic heterocycles. The van der Waals surface area contributed by atoms with Gasteiger partial charge >= 0.3 is 5.97 Å². The first-order chi connectivity index (χ1) is 27.3. The second kappa shape index (κ2) is 17.1. The zero-order valence-electron chi connectivity index (χ0n) is 31.0. The number of para-hydroxylation sites is 2. The molecule has 0 amide bonds. The molecule has 284 valence electrons. The van der Waals surface area contributed by atoms with Gasteiger partial charge in [0.2, 0.25) is 12.0 Å². The molecule has 3 heterocycles. The number of nitrogens with zero attached hydrogens (tertiary/aromatic N) is 4. The van der Waals surface area contributed by atoms with Crippen LogP contribution in [0.3, 0.4) is 0 Å². The second-order valence-electron chi connectivity index (χ2n) is 12.5. The van der Waals surface area contributed by atoms with Crippen molar-refractivity contribution >= 4 is 39.2 Å². The zero-order chi connectivity index (χ0) is 39.2. The maximum atomic E-state index is 13.7. The molecule has 3 aromatic heterocycles. The van der Waals surface area contributed by atoms with Gasteiger partial charge in [-0.2, -0.15) is 4.37 Å². The van der Waals surface area contributed by atoms with E-state index in [1.165, 1.54) is 11.5 Å². The minimum Gasteiger partial charge on any atom is -0.506 e. The number of pyridine rings is 1. The van der Waals surface area contributed by atoms with Crippen LogP contribution in [0.25, 0.3) is 43.9 Å². The van der Waals surface area contributed by atoms with Gasteiger partial charge in [0.1, 0.15) is 29.6 Å². The van der Waals surface area contributed by atoms with Crippen LogP contribution in [0, 0.1) is 6.92 Å². The summed E-state index contributed by atoms with van der Waals surface area (Å²) >= 11 is 7.79. The molecule has 0 aliphatic carbocycles. The van der Waals surface area contributed by atoms with Crippen molar-refractivity contribution in [2.24, 2.45) is 0 Å². The number of rotatable bonds is 14. The summed E-state index contributed by atoms with van der Waals surface area (Å²) in [4.78, 5) is 27.7. The number of methoxy groups -OCH3 is 2. The van der Waals surface area contributed by atoms with Crippen molar-refractivity contribution in [1.82, 2.24) is 19.3 Å². The first-order valence-electron chi connectivity index (χ1n) is 17.7. The van der Waals surface area contributed by atoms with E-state index >= 15 is 0 Å². The summed E-state index contributed by atoms with van der Waals surface area (Å²) in [6.45, 7) is 3.86. The van der Waals surface area contributed by atoms with Crippen LogP contribution in [0.15, 0.2) is 103 Å². The van der Waals surface area contributed by atoms with Gasteiger partial charge in [-0.3, -0.25) is 4.98 Å². The highest BCUT2D eigenvalue weighted by Gasteiger charge is 2.29. The molecular formula is C43H37ClN4O7S. The number of carbonyl (C=O) groups is 1. The number of carbonyl (C=O) groups excluding carboxylic acids is 1. The number of esters is 1. The largest absolute Gasteiger partial charge is 0.506 e. The summed E-state index contributed by atoms with van der Waals surface area (Å²) in [5.41, 5.74) is 5.52. The fourth-order valence-electron chi connectivity index (χ4n) is 6.33. The van der Waals surface area contributed by atoms with Crippen molar-refractivity contribution in [2.45, 2.75) is 33.0 Å². The van der Waals surface area contributed by atoms with Crippen molar-refractivity contribution in [3.8, 4) is 62.7 Å². The predicted octanol–water partition coefficient (Wildman–Crippen LogP) is 9.30. The van der Waals surface area contributed by atoms with Crippen LogP contribution in [0.1, 0.15) is 23.7 Å². The molecule has 0 spiro atoms. The lowest BCUT2D eigenvalue weighted by molar-refractivity contribution is -0.151. The fourth-order valence-corrected chi connectivity index (χ4v) is 7.19. The number of phenolic OH excluding ortho intramolecular Hbond substituents is 1. The molecule has 0 unspecified atom stereocenters. The van der Waals surface area contributed by atoms with Gasteiger partial charge in [-0.25, -0.2) is 14.8 Å². The second-order valence-corrected chi connectivity index (χ2v) is 13.7. The minimum atomic E-state index is -1.10. The molecule has 0 aliphatic rings. The monoisotopic (exact) mass is 788 g/mol. The number of hydrogen-bond acceptors (Lipinski definition) is 12. The number of hydrogen-bond donors (Lipinski definition) is 1. The lowest BCUT2D eigenvalue weighted by Crippen LogP contribution is -2.32. The van der Waals surface area contributed by atoms with E-state index < -0.39 is 12.1 Å². The molecule has 1 atom stereocenters. The van der Waals surface area contributed by atoms with E-state index in [-0.39, 0.29) is 36.3 Å². The van der Waals surface area contributed by atoms with Crippen LogP contribution >= 0.6 is 23.1 Å². The van der Waals surface area contributed by atoms with Crippen LogP contribution in [-0.4, -0.2) is 57.3 Å². The average Bonchev–Trinajstić information content (AvgIpc) is 3.65. The number of halogens is 1. The average molecular weight is 789 g/mol. The molecule has 56 heavy (non-hydrogen) atoms. The first-order valence-corrected chi connectivity index (χ1v) is 18.8. The molecule has 0 fully saturated rings. The van der Waals surface area contributed by atoms with Crippen LogP contribution in [-0.2, 0) is 22.6 Å². The van der Waals surface area contributed by atoms with E-state index in [1.807, 2.05) is 79.7 Å². The topological polar surface area (TPSA) is 135 Å². The highest BCUT2D eigenvalue weighted by molar-refractivity contribution is 7.13. The lowest BCUT2D eigenvalue weighted by Gasteiger charge is -2.20. The SMILES string of the molecule is CCOC(=O)[C@@H](Cc1ccccc1OCc1ccnc(-c2ccccc2OC)n1)Oc1nsc2cnc(-c3cccc(OC)c3)c(-c3ccc(O)c(Cl)c3C)c12. The number of ether oxygens (including phenoxy) is 5. The molecule has 13 heteroatoms. The quantitative estimate of drug-likeness (QED) is 0.106. The molecule has 0 saturated carbocycles. The molecule has 0 saturated heterocycles. The molecule has 11 nitrogen and oxygen atoms in total. The summed E-state index contributed by atoms with van der Waals surface area (Å²) in [5, 5.41) is 11.3. The third kappa shape index (κ3) is 7.93. The maximum Gasteiger partial charge on any atom is 0.347 e. The summed E-state index contributed by atoms with van der Waals surface area (Å²) in [6.07, 6.45) is 2.41. The van der Waals surface area contributed by atoms with E-state index in [1.54, 1.807) is 51.7 Å². The Hall–Kier alpha value is -6.24. The van der Waals surface area contributed by atoms with E-state index in [0.29, 0.717) is 66.8 Å². The zero-order valence-corrected chi connectivity index (χ0v) is 32.6. The van der Waals surface area contributed by atoms with Crippen molar-refractivity contribution in [3.63, 3.8) is 0 Å². The van der Waals surface area contributed by atoms with Crippen LogP contribution < -0.4 is 18.9 Å². The van der Waals surface area contributed by atoms with Gasteiger partial charge < -0.3 is 28.8 Å². The Labute approximate surface area is 332 Å². The van der Waals surface area contributed by atoms with Gasteiger partial charge in [0, 0.05) is 29.9 Å². The van der Waals surface area contributed by atoms with E-state index in [0.717, 1.165) is 11.1 Å². The van der Waals surface area contributed by atoms with E-state index in [2.05, 4.69) is 4.98 Å². The Morgan fingerprint density at radius 2 is 1.71 bits per heavy atom. The lowest BCUT2D eigenvalue weighted by atomic mass is 9.93. The number of phenols is 1. The predicted molar refractivity (Wildman–Crippen MR) is 216 cm³/mol. The highest BCUT2D eigenvalue weighted by Crippen LogP contribution is 2.46. The summed E-state index contributed by atoms with van der Waals surface area (Å²) in [6, 6.07) is 27.6. The standard InChI is InChI=1S/C43H37ClN4O7S/c1-5-53-43(50)35(22-26-11-6-8-15-33(26)54-24-28-19-20-45-41(47-28)31-14-7-9-16-34(31)52-4)55-42-38-36(56-48-42)23-46-40(27-12-10-13-29(21-27)51-3)37(38)30-17-18-32(49)39(44)25(30)2/h6-21,23,35,49H,5,22,24H2,1-4H3/t35-/m1/s1. The first kappa shape index (κ1) is 38.1. The van der Waals surface area contributed by atoms with Gasteiger partial charge in [0.25, 0.3) is 0 Å². The molecular weight excluding hydrogens is 752 g/mol. The molecule has 1 N–H and O–H groups in total. The van der Waals surface area contributed by atoms with Crippen LogP contribution in [0.5, 0.6) is 28.9 Å². The minimum absolute atomic E-state index is 0.0456. The van der Waals surface area contributed by atoms with Gasteiger partial charge in [-0.1, -0.05) is 60.1 Å². The smallest absolute Gasteiger partial charge is 0.347 e. The number of fused-ring (bicyclic) bond motifs is 1. The Morgan fingerprint density at radius 3 is 2.52 bits per heavy atom. The molecule has 7 aromatic rings. The Balaban J connectivity index is 1.24.